The summed E-state index contributed by atoms with van der Waals surface area (Å²) >= 11 is 6.20. The number of aryl methyl sites for hydroxylation is 1. The van der Waals surface area contributed by atoms with Crippen LogP contribution in [-0.2, 0) is 6.54 Å². The number of hydrogen-bond donors (Lipinski definition) is 1. The first-order chi connectivity index (χ1) is 7.72. The third-order valence-electron chi connectivity index (χ3n) is 2.70. The number of rotatable bonds is 2. The van der Waals surface area contributed by atoms with Gasteiger partial charge in [0.25, 0.3) is 0 Å². The average molecular weight is 232 g/mol. The maximum atomic E-state index is 6.20. The summed E-state index contributed by atoms with van der Waals surface area (Å²) in [6.45, 7) is 2.64. The van der Waals surface area contributed by atoms with E-state index in [1.165, 1.54) is 5.56 Å². The van der Waals surface area contributed by atoms with Gasteiger partial charge in [0, 0.05) is 17.1 Å². The first-order valence-corrected chi connectivity index (χ1v) is 5.64. The Morgan fingerprint density at radius 2 is 1.81 bits per heavy atom. The molecule has 0 amide bonds. The monoisotopic (exact) mass is 231 g/mol. The molecule has 0 aliphatic carbocycles. The van der Waals surface area contributed by atoms with E-state index in [0.29, 0.717) is 6.54 Å². The molecule has 2 N–H and O–H groups in total. The fourth-order valence-electron chi connectivity index (χ4n) is 1.77. The first-order valence-electron chi connectivity index (χ1n) is 5.27. The van der Waals surface area contributed by atoms with Gasteiger partial charge in [-0.15, -0.1) is 0 Å². The third-order valence-corrected chi connectivity index (χ3v) is 3.03. The molecule has 0 spiro atoms. The van der Waals surface area contributed by atoms with Gasteiger partial charge < -0.3 is 5.73 Å². The molecule has 0 aromatic heterocycles. The Hall–Kier alpha value is -1.31. The molecule has 0 saturated heterocycles. The van der Waals surface area contributed by atoms with E-state index >= 15 is 0 Å². The van der Waals surface area contributed by atoms with Crippen molar-refractivity contribution in [1.82, 2.24) is 0 Å². The topological polar surface area (TPSA) is 26.0 Å². The highest BCUT2D eigenvalue weighted by molar-refractivity contribution is 6.33. The molecular weight excluding hydrogens is 218 g/mol. The summed E-state index contributed by atoms with van der Waals surface area (Å²) in [7, 11) is 0. The largest absolute Gasteiger partial charge is 0.326 e. The molecule has 0 unspecified atom stereocenters. The van der Waals surface area contributed by atoms with E-state index in [1.54, 1.807) is 0 Å². The highest BCUT2D eigenvalue weighted by atomic mass is 35.5. The van der Waals surface area contributed by atoms with Gasteiger partial charge in [-0.25, -0.2) is 0 Å². The molecule has 0 heterocycles. The van der Waals surface area contributed by atoms with E-state index in [4.69, 9.17) is 17.3 Å². The van der Waals surface area contributed by atoms with Crippen molar-refractivity contribution in [1.29, 1.82) is 0 Å². The van der Waals surface area contributed by atoms with Gasteiger partial charge in [-0.1, -0.05) is 41.9 Å². The zero-order valence-corrected chi connectivity index (χ0v) is 9.96. The van der Waals surface area contributed by atoms with Crippen molar-refractivity contribution in [2.75, 3.05) is 0 Å². The molecule has 0 saturated carbocycles. The number of benzene rings is 2. The number of halogens is 1. The second kappa shape index (κ2) is 4.69. The van der Waals surface area contributed by atoms with Crippen LogP contribution in [0.25, 0.3) is 11.1 Å². The lowest BCUT2D eigenvalue weighted by Gasteiger charge is -2.09. The summed E-state index contributed by atoms with van der Waals surface area (Å²) in [5.74, 6) is 0. The van der Waals surface area contributed by atoms with Gasteiger partial charge >= 0.3 is 0 Å². The molecule has 16 heavy (non-hydrogen) atoms. The van der Waals surface area contributed by atoms with Crippen LogP contribution in [-0.4, -0.2) is 0 Å². The second-order valence-corrected chi connectivity index (χ2v) is 4.24. The maximum absolute atomic E-state index is 6.20. The molecule has 1 nitrogen and oxygen atoms in total. The van der Waals surface area contributed by atoms with E-state index in [0.717, 1.165) is 21.7 Å². The van der Waals surface area contributed by atoms with Crippen LogP contribution in [0.4, 0.5) is 0 Å². The molecule has 0 aliphatic rings. The molecular formula is C14H14ClN. The van der Waals surface area contributed by atoms with E-state index in [1.807, 2.05) is 24.3 Å². The summed E-state index contributed by atoms with van der Waals surface area (Å²) < 4.78 is 0. The zero-order valence-electron chi connectivity index (χ0n) is 9.20. The Bertz CT molecular complexity index is 506. The lowest BCUT2D eigenvalue weighted by molar-refractivity contribution is 1.07. The maximum Gasteiger partial charge on any atom is 0.0484 e. The number of nitrogens with two attached hydrogens (primary N) is 1. The van der Waals surface area contributed by atoms with Crippen molar-refractivity contribution in [2.45, 2.75) is 13.5 Å². The molecule has 2 rings (SSSR count). The number of hydrogen-bond acceptors (Lipinski definition) is 1. The first kappa shape index (κ1) is 11.2. The van der Waals surface area contributed by atoms with Gasteiger partial charge in [0.2, 0.25) is 0 Å². The normalized spacial score (nSPS) is 10.4. The van der Waals surface area contributed by atoms with Gasteiger partial charge in [-0.05, 0) is 35.7 Å². The van der Waals surface area contributed by atoms with E-state index in [9.17, 15) is 0 Å². The van der Waals surface area contributed by atoms with E-state index in [-0.39, 0.29) is 0 Å². The van der Waals surface area contributed by atoms with Gasteiger partial charge in [0.15, 0.2) is 0 Å². The zero-order chi connectivity index (χ0) is 11.5. The minimum absolute atomic E-state index is 0.553. The average Bonchev–Trinajstić information content (AvgIpc) is 2.31. The van der Waals surface area contributed by atoms with Crippen LogP contribution >= 0.6 is 11.6 Å². The molecule has 0 atom stereocenters. The molecule has 2 aromatic carbocycles. The van der Waals surface area contributed by atoms with Crippen molar-refractivity contribution < 1.29 is 0 Å². The predicted octanol–water partition coefficient (Wildman–Crippen LogP) is 3.77. The lowest BCUT2D eigenvalue weighted by atomic mass is 9.98. The third kappa shape index (κ3) is 2.11. The van der Waals surface area contributed by atoms with Crippen LogP contribution in [0.1, 0.15) is 11.1 Å². The second-order valence-electron chi connectivity index (χ2n) is 3.83. The van der Waals surface area contributed by atoms with Crippen LogP contribution in [0.5, 0.6) is 0 Å². The minimum Gasteiger partial charge on any atom is -0.326 e. The standard InChI is InChI=1S/C14H14ClN/c1-10-6-7-11(9-16)8-13(10)12-4-2-3-5-14(12)15/h2-8H,9,16H2,1H3. The molecule has 2 aromatic rings. The Balaban J connectivity index is 2.59. The fourth-order valence-corrected chi connectivity index (χ4v) is 2.00. The van der Waals surface area contributed by atoms with Crippen molar-refractivity contribution >= 4 is 11.6 Å². The summed E-state index contributed by atoms with van der Waals surface area (Å²) in [4.78, 5) is 0. The molecule has 2 heteroatoms. The van der Waals surface area contributed by atoms with Gasteiger partial charge in [-0.3, -0.25) is 0 Å². The smallest absolute Gasteiger partial charge is 0.0484 e. The lowest BCUT2D eigenvalue weighted by Crippen LogP contribution is -1.97. The molecule has 0 fully saturated rings. The van der Waals surface area contributed by atoms with Crippen LogP contribution in [0.15, 0.2) is 42.5 Å². The van der Waals surface area contributed by atoms with Crippen molar-refractivity contribution in [3.63, 3.8) is 0 Å². The SMILES string of the molecule is Cc1ccc(CN)cc1-c1ccccc1Cl. The quantitative estimate of drug-likeness (QED) is 0.837. The van der Waals surface area contributed by atoms with Crippen molar-refractivity contribution in [3.05, 3.63) is 58.6 Å². The Morgan fingerprint density at radius 3 is 2.50 bits per heavy atom. The summed E-state index contributed by atoms with van der Waals surface area (Å²) in [6.07, 6.45) is 0. The van der Waals surface area contributed by atoms with Gasteiger partial charge in [0.05, 0.1) is 0 Å². The Labute approximate surface area is 101 Å². The van der Waals surface area contributed by atoms with Crippen LogP contribution in [0, 0.1) is 6.92 Å². The van der Waals surface area contributed by atoms with E-state index < -0.39 is 0 Å². The summed E-state index contributed by atoms with van der Waals surface area (Å²) in [5, 5.41) is 0.778. The fraction of sp³-hybridized carbons (Fsp3) is 0.143. The predicted molar refractivity (Wildman–Crippen MR) is 69.5 cm³/mol. The van der Waals surface area contributed by atoms with Crippen LogP contribution in [0.3, 0.4) is 0 Å². The summed E-state index contributed by atoms with van der Waals surface area (Å²) in [5.41, 5.74) is 10.2. The molecule has 82 valence electrons. The minimum atomic E-state index is 0.553. The Morgan fingerprint density at radius 1 is 1.06 bits per heavy atom. The van der Waals surface area contributed by atoms with Crippen LogP contribution < -0.4 is 5.73 Å². The van der Waals surface area contributed by atoms with Gasteiger partial charge in [-0.2, -0.15) is 0 Å². The Kier molecular flexibility index (Phi) is 3.28. The molecule has 0 radical (unpaired) electrons. The highest BCUT2D eigenvalue weighted by Gasteiger charge is 2.06. The van der Waals surface area contributed by atoms with Crippen molar-refractivity contribution in [2.24, 2.45) is 5.73 Å². The molecule has 0 aliphatic heterocycles. The van der Waals surface area contributed by atoms with Crippen LogP contribution in [0.2, 0.25) is 5.02 Å². The molecule has 0 bridgehead atoms. The van der Waals surface area contributed by atoms with E-state index in [2.05, 4.69) is 25.1 Å². The van der Waals surface area contributed by atoms with Crippen molar-refractivity contribution in [3.8, 4) is 11.1 Å². The van der Waals surface area contributed by atoms with Gasteiger partial charge in [0.1, 0.15) is 0 Å². The highest BCUT2D eigenvalue weighted by Crippen LogP contribution is 2.30. The summed E-state index contributed by atoms with van der Waals surface area (Å²) in [6, 6.07) is 14.1.